The van der Waals surface area contributed by atoms with Gasteiger partial charge in [0.05, 0.1) is 22.4 Å². The number of aromatic nitrogens is 7. The molecule has 3 N–H and O–H groups in total. The van der Waals surface area contributed by atoms with E-state index < -0.39 is 0 Å². The molecule has 0 bridgehead atoms. The van der Waals surface area contributed by atoms with Crippen LogP contribution < -0.4 is 10.6 Å². The maximum atomic E-state index is 6.72. The van der Waals surface area contributed by atoms with E-state index in [-0.39, 0.29) is 5.92 Å². The molecule has 2 atom stereocenters. The van der Waals surface area contributed by atoms with E-state index in [1.807, 2.05) is 38.5 Å². The van der Waals surface area contributed by atoms with Gasteiger partial charge in [-0.15, -0.1) is 0 Å². The molecule has 0 amide bonds. The Kier molecular flexibility index (Phi) is 4.96. The number of nitrogens with two attached hydrogens (primary N) is 1. The third-order valence-electron chi connectivity index (χ3n) is 6.64. The Hall–Kier alpha value is -3.56. The largest absolute Gasteiger partial charge is 0.354 e. The molecule has 4 aromatic heterocycles. The van der Waals surface area contributed by atoms with Crippen LogP contribution >= 0.6 is 11.6 Å². The highest BCUT2D eigenvalue weighted by Gasteiger charge is 2.35. The second-order valence-corrected chi connectivity index (χ2v) is 9.31. The Balaban J connectivity index is 1.33. The number of hydrogen-bond donors (Lipinski definition) is 2. The van der Waals surface area contributed by atoms with E-state index in [0.29, 0.717) is 28.6 Å². The summed E-state index contributed by atoms with van der Waals surface area (Å²) in [5.74, 6) is 1.34. The fourth-order valence-electron chi connectivity index (χ4n) is 4.83. The molecule has 0 radical (unpaired) electrons. The van der Waals surface area contributed by atoms with Gasteiger partial charge in [-0.1, -0.05) is 17.7 Å². The molecule has 9 nitrogen and oxygen atoms in total. The van der Waals surface area contributed by atoms with E-state index in [0.717, 1.165) is 52.3 Å². The van der Waals surface area contributed by atoms with Crippen LogP contribution in [-0.2, 0) is 7.05 Å². The summed E-state index contributed by atoms with van der Waals surface area (Å²) < 4.78 is 1.75. The third-order valence-corrected chi connectivity index (χ3v) is 7.05. The molecule has 0 aliphatic carbocycles. The molecule has 0 saturated carbocycles. The van der Waals surface area contributed by atoms with Crippen molar-refractivity contribution in [2.24, 2.45) is 18.7 Å². The summed E-state index contributed by atoms with van der Waals surface area (Å²) >= 11 is 6.72. The topological polar surface area (TPSA) is 114 Å². The molecule has 5 heterocycles. The van der Waals surface area contributed by atoms with Crippen LogP contribution in [0.15, 0.2) is 42.9 Å². The van der Waals surface area contributed by atoms with Crippen molar-refractivity contribution in [1.29, 1.82) is 0 Å². The molecule has 0 spiro atoms. The monoisotopic (exact) mass is 473 g/mol. The second kappa shape index (κ2) is 8.03. The Morgan fingerprint density at radius 2 is 2.03 bits per heavy atom. The van der Waals surface area contributed by atoms with Crippen LogP contribution in [0, 0.1) is 12.8 Å². The Bertz CT molecular complexity index is 1500. The first-order chi connectivity index (χ1) is 16.5. The van der Waals surface area contributed by atoms with Gasteiger partial charge in [0.2, 0.25) is 5.65 Å². The Morgan fingerprint density at radius 3 is 2.82 bits per heavy atom. The first-order valence-electron chi connectivity index (χ1n) is 11.2. The number of rotatable bonds is 4. The van der Waals surface area contributed by atoms with Crippen molar-refractivity contribution in [3.8, 4) is 11.3 Å². The molecule has 0 unspecified atom stereocenters. The maximum absolute atomic E-state index is 6.72. The van der Waals surface area contributed by atoms with Crippen molar-refractivity contribution < 1.29 is 0 Å². The lowest BCUT2D eigenvalue weighted by Crippen LogP contribution is -2.23. The summed E-state index contributed by atoms with van der Waals surface area (Å²) in [6.07, 6.45) is 5.62. The normalized spacial score (nSPS) is 18.4. The molecule has 6 rings (SSSR count). The number of benzene rings is 1. The summed E-state index contributed by atoms with van der Waals surface area (Å²) in [7, 11) is 1.88. The van der Waals surface area contributed by atoms with Crippen LogP contribution in [0.25, 0.3) is 33.3 Å². The zero-order valence-electron chi connectivity index (χ0n) is 18.9. The number of anilines is 1. The summed E-state index contributed by atoms with van der Waals surface area (Å²) in [5.41, 5.74) is 12.0. The number of nitrogens with one attached hydrogen (secondary N) is 1. The highest BCUT2D eigenvalue weighted by atomic mass is 35.5. The van der Waals surface area contributed by atoms with E-state index in [2.05, 4.69) is 37.3 Å². The average Bonchev–Trinajstić information content (AvgIpc) is 3.56. The quantitative estimate of drug-likeness (QED) is 0.411. The fraction of sp³-hybridized carbons (Fsp3) is 0.292. The fourth-order valence-corrected chi connectivity index (χ4v) is 5.13. The number of hydrogen-bond acceptors (Lipinski definition) is 7. The van der Waals surface area contributed by atoms with Crippen LogP contribution in [0.5, 0.6) is 0 Å². The molecule has 1 aliphatic rings. The van der Waals surface area contributed by atoms with Crippen LogP contribution in [0.1, 0.15) is 17.2 Å². The van der Waals surface area contributed by atoms with Gasteiger partial charge < -0.3 is 10.6 Å². The van der Waals surface area contributed by atoms with Gasteiger partial charge in [0, 0.05) is 55.1 Å². The van der Waals surface area contributed by atoms with Crippen molar-refractivity contribution in [2.45, 2.75) is 12.8 Å². The van der Waals surface area contributed by atoms with Crippen LogP contribution in [0.4, 0.5) is 5.82 Å². The highest BCUT2D eigenvalue weighted by molar-refractivity contribution is 6.38. The Labute approximate surface area is 201 Å². The molecule has 172 valence electrons. The number of aromatic amines is 1. The minimum absolute atomic E-state index is 0.253. The van der Waals surface area contributed by atoms with Crippen molar-refractivity contribution in [1.82, 2.24) is 34.9 Å². The van der Waals surface area contributed by atoms with Crippen molar-refractivity contribution in [2.75, 3.05) is 24.5 Å². The van der Waals surface area contributed by atoms with Gasteiger partial charge in [-0.2, -0.15) is 10.2 Å². The first kappa shape index (κ1) is 21.0. The second-order valence-electron chi connectivity index (χ2n) is 8.93. The predicted molar refractivity (Wildman–Crippen MR) is 133 cm³/mol. The van der Waals surface area contributed by atoms with Gasteiger partial charge in [-0.05, 0) is 43.1 Å². The first-order valence-corrected chi connectivity index (χ1v) is 11.6. The maximum Gasteiger partial charge on any atom is 0.202 e. The molecular formula is C24H24ClN9. The molecule has 1 aliphatic heterocycles. The van der Waals surface area contributed by atoms with Crippen LogP contribution in [-0.4, -0.2) is 54.6 Å². The smallest absolute Gasteiger partial charge is 0.202 e. The number of nitrogens with zero attached hydrogens (tertiary/aromatic N) is 7. The lowest BCUT2D eigenvalue weighted by molar-refractivity contribution is 0.522. The summed E-state index contributed by atoms with van der Waals surface area (Å²) in [5, 5.41) is 13.4. The number of aryl methyl sites for hydroxylation is 2. The molecule has 1 fully saturated rings. The van der Waals surface area contributed by atoms with E-state index in [1.54, 1.807) is 10.9 Å². The van der Waals surface area contributed by atoms with Crippen LogP contribution in [0.2, 0.25) is 5.02 Å². The zero-order valence-corrected chi connectivity index (χ0v) is 19.7. The molecule has 5 aromatic rings. The zero-order chi connectivity index (χ0) is 23.4. The third kappa shape index (κ3) is 3.39. The van der Waals surface area contributed by atoms with Crippen molar-refractivity contribution in [3.63, 3.8) is 0 Å². The van der Waals surface area contributed by atoms with Gasteiger partial charge in [-0.25, -0.2) is 9.97 Å². The summed E-state index contributed by atoms with van der Waals surface area (Å²) in [4.78, 5) is 16.4. The predicted octanol–water partition coefficient (Wildman–Crippen LogP) is 3.44. The van der Waals surface area contributed by atoms with E-state index in [9.17, 15) is 0 Å². The minimum atomic E-state index is 0.253. The molecule has 34 heavy (non-hydrogen) atoms. The minimum Gasteiger partial charge on any atom is -0.354 e. The standard InChI is InChI=1S/C24H24ClN9/c1-13-3-5-18(27-8-13)16-12-34(10-14(16)7-26)20-9-28-23-22(30-31-24(23)29-20)15-4-6-19-17(21(15)25)11-33(2)32-19/h3-6,8-9,11,14,16H,7,10,12,26H2,1-2H3,(H,29,30,31)/t14-,16+/m0/s1. The van der Waals surface area contributed by atoms with Crippen molar-refractivity contribution in [3.05, 3.63) is 59.1 Å². The van der Waals surface area contributed by atoms with Gasteiger partial charge >= 0.3 is 0 Å². The number of pyridine rings is 1. The SMILES string of the molecule is Cc1ccc([C@@H]2CN(c3cnc4c(-c5ccc6nn(C)cc6c5Cl)[nH]nc4n3)C[C@@H]2CN)nc1. The van der Waals surface area contributed by atoms with E-state index in [4.69, 9.17) is 27.3 Å². The molecule has 1 saturated heterocycles. The Morgan fingerprint density at radius 1 is 1.15 bits per heavy atom. The number of fused-ring (bicyclic) bond motifs is 2. The van der Waals surface area contributed by atoms with Gasteiger partial charge in [0.25, 0.3) is 0 Å². The number of H-pyrrole nitrogens is 1. The number of halogens is 1. The van der Waals surface area contributed by atoms with Gasteiger partial charge in [0.15, 0.2) is 0 Å². The highest BCUT2D eigenvalue weighted by Crippen LogP contribution is 2.37. The lowest BCUT2D eigenvalue weighted by Gasteiger charge is -2.16. The lowest BCUT2D eigenvalue weighted by atomic mass is 9.92. The van der Waals surface area contributed by atoms with Crippen LogP contribution in [0.3, 0.4) is 0 Å². The molecule has 1 aromatic carbocycles. The summed E-state index contributed by atoms with van der Waals surface area (Å²) in [6, 6.07) is 8.08. The van der Waals surface area contributed by atoms with E-state index >= 15 is 0 Å². The molecule has 10 heteroatoms. The van der Waals surface area contributed by atoms with Crippen molar-refractivity contribution >= 4 is 39.5 Å². The van der Waals surface area contributed by atoms with Gasteiger partial charge in [-0.3, -0.25) is 14.8 Å². The molecular weight excluding hydrogens is 450 g/mol. The van der Waals surface area contributed by atoms with E-state index in [1.165, 1.54) is 0 Å². The average molecular weight is 474 g/mol. The van der Waals surface area contributed by atoms with Gasteiger partial charge in [0.1, 0.15) is 11.3 Å². The summed E-state index contributed by atoms with van der Waals surface area (Å²) in [6.45, 7) is 4.23.